The number of rotatable bonds is 4. The summed E-state index contributed by atoms with van der Waals surface area (Å²) >= 11 is 0. The van der Waals surface area contributed by atoms with Gasteiger partial charge in [0.2, 0.25) is 11.2 Å². The summed E-state index contributed by atoms with van der Waals surface area (Å²) in [5.74, 6) is 0.905. The Morgan fingerprint density at radius 1 is 1.00 bits per heavy atom. The molecule has 0 saturated carbocycles. The quantitative estimate of drug-likeness (QED) is 0.663. The van der Waals surface area contributed by atoms with Crippen molar-refractivity contribution in [3.63, 3.8) is 0 Å². The van der Waals surface area contributed by atoms with Gasteiger partial charge in [-0.2, -0.15) is 4.57 Å². The molecule has 4 rings (SSSR count). The molecule has 138 valence electrons. The highest BCUT2D eigenvalue weighted by Crippen LogP contribution is 2.30. The van der Waals surface area contributed by atoms with E-state index in [4.69, 9.17) is 9.47 Å². The second-order valence-corrected chi connectivity index (χ2v) is 6.74. The van der Waals surface area contributed by atoms with E-state index in [1.54, 1.807) is 7.11 Å². The maximum atomic E-state index is 5.65. The van der Waals surface area contributed by atoms with E-state index in [2.05, 4.69) is 83.3 Å². The van der Waals surface area contributed by atoms with E-state index in [0.29, 0.717) is 0 Å². The van der Waals surface area contributed by atoms with Crippen molar-refractivity contribution in [1.82, 2.24) is 0 Å². The van der Waals surface area contributed by atoms with E-state index in [-0.39, 0.29) is 0 Å². The Bertz CT molecular complexity index is 975. The van der Waals surface area contributed by atoms with E-state index in [0.717, 1.165) is 49.0 Å². The number of para-hydroxylation sites is 1. The van der Waals surface area contributed by atoms with E-state index < -0.39 is 0 Å². The van der Waals surface area contributed by atoms with Crippen LogP contribution in [0.3, 0.4) is 0 Å². The molecule has 1 aliphatic rings. The van der Waals surface area contributed by atoms with E-state index >= 15 is 0 Å². The smallest absolute Gasteiger partial charge is 0.212 e. The molecule has 0 amide bonds. The lowest BCUT2D eigenvalue weighted by atomic mass is 10.1. The Morgan fingerprint density at radius 3 is 2.63 bits per heavy atom. The number of fused-ring (bicyclic) bond motifs is 1. The number of benzene rings is 2. The Labute approximate surface area is 160 Å². The Morgan fingerprint density at radius 2 is 1.81 bits per heavy atom. The lowest BCUT2D eigenvalue weighted by Crippen LogP contribution is -2.36. The van der Waals surface area contributed by atoms with Gasteiger partial charge in [0.1, 0.15) is 12.8 Å². The van der Waals surface area contributed by atoms with Gasteiger partial charge >= 0.3 is 0 Å². The van der Waals surface area contributed by atoms with Crippen LogP contribution in [0.1, 0.15) is 11.3 Å². The molecule has 3 aromatic rings. The lowest BCUT2D eigenvalue weighted by molar-refractivity contribution is -0.646. The summed E-state index contributed by atoms with van der Waals surface area (Å²) in [6.45, 7) is 3.34. The zero-order valence-electron chi connectivity index (χ0n) is 15.9. The van der Waals surface area contributed by atoms with E-state index in [1.807, 2.05) is 0 Å². The van der Waals surface area contributed by atoms with Crippen molar-refractivity contribution >= 4 is 28.7 Å². The topological polar surface area (TPSA) is 25.6 Å². The lowest BCUT2D eigenvalue weighted by Gasteiger charge is -2.30. The summed E-state index contributed by atoms with van der Waals surface area (Å²) in [7, 11) is 3.83. The van der Waals surface area contributed by atoms with Gasteiger partial charge in [-0.25, -0.2) is 0 Å². The highest BCUT2D eigenvalue weighted by Gasteiger charge is 2.15. The van der Waals surface area contributed by atoms with Gasteiger partial charge < -0.3 is 14.4 Å². The number of ether oxygens (including phenoxy) is 2. The first-order valence-corrected chi connectivity index (χ1v) is 9.33. The number of hydrogen-bond acceptors (Lipinski definition) is 3. The third kappa shape index (κ3) is 3.67. The molecule has 2 aromatic carbocycles. The predicted molar refractivity (Wildman–Crippen MR) is 110 cm³/mol. The van der Waals surface area contributed by atoms with Crippen molar-refractivity contribution < 1.29 is 14.0 Å². The zero-order chi connectivity index (χ0) is 18.6. The Hall–Kier alpha value is -2.85. The van der Waals surface area contributed by atoms with Crippen LogP contribution in [0.15, 0.2) is 54.6 Å². The molecule has 27 heavy (non-hydrogen) atoms. The number of aryl methyl sites for hydroxylation is 1. The maximum absolute atomic E-state index is 5.65. The number of morpholine rings is 1. The average Bonchev–Trinajstić information content (AvgIpc) is 2.74. The highest BCUT2D eigenvalue weighted by atomic mass is 16.5. The summed E-state index contributed by atoms with van der Waals surface area (Å²) in [4.78, 5) is 2.32. The number of nitrogens with zero attached hydrogens (tertiary/aromatic N) is 2. The van der Waals surface area contributed by atoms with Crippen molar-refractivity contribution in [3.05, 3.63) is 65.9 Å². The molecule has 0 unspecified atom stereocenters. The molecule has 0 N–H and O–H groups in total. The molecule has 4 heteroatoms. The van der Waals surface area contributed by atoms with Gasteiger partial charge in [0.15, 0.2) is 0 Å². The minimum atomic E-state index is 0.767. The van der Waals surface area contributed by atoms with Crippen LogP contribution >= 0.6 is 0 Å². The first-order valence-electron chi connectivity index (χ1n) is 9.33. The normalized spacial score (nSPS) is 14.8. The third-order valence-corrected chi connectivity index (χ3v) is 5.12. The number of anilines is 1. The first-order chi connectivity index (χ1) is 13.3. The molecule has 1 aliphatic heterocycles. The van der Waals surface area contributed by atoms with Gasteiger partial charge in [-0.3, -0.25) is 0 Å². The maximum Gasteiger partial charge on any atom is 0.212 e. The Balaban J connectivity index is 1.61. The summed E-state index contributed by atoms with van der Waals surface area (Å²) in [6, 6.07) is 19.1. The average molecular weight is 361 g/mol. The molecular weight excluding hydrogens is 336 g/mol. The van der Waals surface area contributed by atoms with Gasteiger partial charge in [-0.15, -0.1) is 0 Å². The molecule has 1 aromatic heterocycles. The van der Waals surface area contributed by atoms with Crippen LogP contribution < -0.4 is 14.2 Å². The van der Waals surface area contributed by atoms with Crippen molar-refractivity contribution in [3.8, 4) is 5.75 Å². The van der Waals surface area contributed by atoms with E-state index in [9.17, 15) is 0 Å². The molecule has 1 fully saturated rings. The predicted octanol–water partition coefficient (Wildman–Crippen LogP) is 3.68. The fourth-order valence-electron chi connectivity index (χ4n) is 3.57. The SMILES string of the molecule is COc1cc(/C=C/c2ccc3ccccc3[n+]2C)ccc1N1CCOCC1. The number of hydrogen-bond donors (Lipinski definition) is 0. The van der Waals surface area contributed by atoms with Gasteiger partial charge in [0, 0.05) is 36.7 Å². The molecule has 0 radical (unpaired) electrons. The minimum Gasteiger partial charge on any atom is -0.495 e. The number of aromatic nitrogens is 1. The first kappa shape index (κ1) is 17.6. The van der Waals surface area contributed by atoms with Gasteiger partial charge in [-0.05, 0) is 35.9 Å². The van der Waals surface area contributed by atoms with Crippen LogP contribution in [0, 0.1) is 0 Å². The standard InChI is InChI=1S/C23H25N2O2/c1-24-20(11-9-19-5-3-4-6-21(19)24)10-7-18-8-12-22(23(17-18)26-2)25-13-15-27-16-14-25/h3-12,17H,13-16H2,1-2H3/q+1. The monoisotopic (exact) mass is 361 g/mol. The summed E-state index contributed by atoms with van der Waals surface area (Å²) in [5, 5.41) is 1.24. The largest absolute Gasteiger partial charge is 0.495 e. The second-order valence-electron chi connectivity index (χ2n) is 6.74. The molecule has 2 heterocycles. The van der Waals surface area contributed by atoms with Crippen LogP contribution in [0.2, 0.25) is 0 Å². The molecule has 0 spiro atoms. The van der Waals surface area contributed by atoms with Gasteiger partial charge in [-0.1, -0.05) is 18.2 Å². The van der Waals surface area contributed by atoms with Crippen LogP contribution in [0.5, 0.6) is 5.75 Å². The summed E-state index contributed by atoms with van der Waals surface area (Å²) in [5.41, 5.74) is 4.64. The molecular formula is C23H25N2O2+. The second kappa shape index (κ2) is 7.80. The third-order valence-electron chi connectivity index (χ3n) is 5.12. The molecule has 1 saturated heterocycles. The van der Waals surface area contributed by atoms with Crippen molar-refractivity contribution in [2.45, 2.75) is 0 Å². The Kier molecular flexibility index (Phi) is 5.07. The number of methoxy groups -OCH3 is 1. The van der Waals surface area contributed by atoms with Crippen LogP contribution in [-0.4, -0.2) is 33.4 Å². The molecule has 0 aliphatic carbocycles. The van der Waals surface area contributed by atoms with Crippen LogP contribution in [-0.2, 0) is 11.8 Å². The molecule has 4 nitrogen and oxygen atoms in total. The van der Waals surface area contributed by atoms with E-state index in [1.165, 1.54) is 10.9 Å². The zero-order valence-corrected chi connectivity index (χ0v) is 15.9. The van der Waals surface area contributed by atoms with Crippen molar-refractivity contribution in [1.29, 1.82) is 0 Å². The fourth-order valence-corrected chi connectivity index (χ4v) is 3.57. The summed E-state index contributed by atoms with van der Waals surface area (Å²) < 4.78 is 13.3. The van der Waals surface area contributed by atoms with Crippen LogP contribution in [0.4, 0.5) is 5.69 Å². The number of pyridine rings is 1. The van der Waals surface area contributed by atoms with Gasteiger partial charge in [0.25, 0.3) is 0 Å². The van der Waals surface area contributed by atoms with Crippen LogP contribution in [0.25, 0.3) is 23.1 Å². The highest BCUT2D eigenvalue weighted by molar-refractivity contribution is 5.77. The molecule has 0 atom stereocenters. The fraction of sp³-hybridized carbons (Fsp3) is 0.261. The van der Waals surface area contributed by atoms with Gasteiger partial charge in [0.05, 0.1) is 26.0 Å². The molecule has 0 bridgehead atoms. The summed E-state index contributed by atoms with van der Waals surface area (Å²) in [6.07, 6.45) is 4.28. The van der Waals surface area contributed by atoms with Crippen molar-refractivity contribution in [2.75, 3.05) is 38.3 Å². The minimum absolute atomic E-state index is 0.767. The van der Waals surface area contributed by atoms with Crippen molar-refractivity contribution in [2.24, 2.45) is 7.05 Å².